The molecule has 0 atom stereocenters. The second kappa shape index (κ2) is 6.88. The van der Waals surface area contributed by atoms with Crippen molar-refractivity contribution >= 4 is 57.3 Å². The third kappa shape index (κ3) is 2.90. The van der Waals surface area contributed by atoms with Gasteiger partial charge in [-0.1, -0.05) is 47.7 Å². The van der Waals surface area contributed by atoms with Crippen molar-refractivity contribution in [2.45, 2.75) is 6.92 Å². The zero-order chi connectivity index (χ0) is 20.0. The summed E-state index contributed by atoms with van der Waals surface area (Å²) < 4.78 is 0.174. The van der Waals surface area contributed by atoms with Crippen molar-refractivity contribution in [1.29, 1.82) is 0 Å². The van der Waals surface area contributed by atoms with E-state index in [1.54, 1.807) is 25.2 Å². The summed E-state index contributed by atoms with van der Waals surface area (Å²) in [5.41, 5.74) is 5.70. The number of amides is 3. The van der Waals surface area contributed by atoms with Gasteiger partial charge in [0.05, 0.1) is 16.2 Å². The van der Waals surface area contributed by atoms with Gasteiger partial charge in [0.15, 0.2) is 4.32 Å². The number of hydrogen-bond donors (Lipinski definition) is 1. The Labute approximate surface area is 171 Å². The van der Waals surface area contributed by atoms with Crippen molar-refractivity contribution in [3.05, 3.63) is 70.1 Å². The lowest BCUT2D eigenvalue weighted by Gasteiger charge is -2.15. The number of thiocarbonyl (C=S) groups is 1. The monoisotopic (exact) mass is 409 g/mol. The number of anilines is 1. The Hall–Kier alpha value is -2.97. The Morgan fingerprint density at radius 1 is 1.04 bits per heavy atom. The van der Waals surface area contributed by atoms with E-state index in [9.17, 15) is 14.4 Å². The Balaban J connectivity index is 1.66. The number of rotatable bonds is 2. The lowest BCUT2D eigenvalue weighted by Crippen LogP contribution is -2.45. The average molecular weight is 409 g/mol. The number of hydrogen-bond acceptors (Lipinski definition) is 5. The molecule has 2 heterocycles. The van der Waals surface area contributed by atoms with Crippen molar-refractivity contribution in [2.75, 3.05) is 11.9 Å². The van der Waals surface area contributed by atoms with Gasteiger partial charge >= 0.3 is 0 Å². The molecule has 1 saturated heterocycles. The number of likely N-dealkylation sites (N-methyl/N-ethyl adjacent to an activating group) is 1. The summed E-state index contributed by atoms with van der Waals surface area (Å²) in [6.45, 7) is 1.92. The number of fused-ring (bicyclic) bond motifs is 1. The molecule has 8 heteroatoms. The SMILES string of the molecule is Cc1ccc(C(=O)NN2C(=O)C(=C3C(=O)N(C)c4ccccc43)SC2=S)cc1. The molecule has 6 nitrogen and oxygen atoms in total. The van der Waals surface area contributed by atoms with Gasteiger partial charge in [0.1, 0.15) is 0 Å². The number of para-hydroxylation sites is 1. The molecule has 0 radical (unpaired) electrons. The molecule has 2 aromatic carbocycles. The smallest absolute Gasteiger partial charge is 0.286 e. The molecule has 2 aromatic rings. The van der Waals surface area contributed by atoms with E-state index in [2.05, 4.69) is 5.43 Å². The van der Waals surface area contributed by atoms with E-state index in [0.717, 1.165) is 28.0 Å². The lowest BCUT2D eigenvalue weighted by molar-refractivity contribution is -0.124. The molecule has 0 spiro atoms. The lowest BCUT2D eigenvalue weighted by atomic mass is 10.1. The number of aryl methyl sites for hydroxylation is 1. The van der Waals surface area contributed by atoms with Crippen LogP contribution in [0.2, 0.25) is 0 Å². The van der Waals surface area contributed by atoms with Gasteiger partial charge in [-0.2, -0.15) is 5.01 Å². The van der Waals surface area contributed by atoms with Gasteiger partial charge in [0.2, 0.25) is 0 Å². The zero-order valence-corrected chi connectivity index (χ0v) is 16.7. The van der Waals surface area contributed by atoms with E-state index >= 15 is 0 Å². The fourth-order valence-corrected chi connectivity index (χ4v) is 4.33. The summed E-state index contributed by atoms with van der Waals surface area (Å²) in [5, 5.41) is 1.03. The summed E-state index contributed by atoms with van der Waals surface area (Å²) in [6, 6.07) is 14.2. The van der Waals surface area contributed by atoms with Crippen LogP contribution in [0, 0.1) is 6.92 Å². The second-order valence-electron chi connectivity index (χ2n) is 6.40. The quantitative estimate of drug-likeness (QED) is 0.610. The van der Waals surface area contributed by atoms with Gasteiger partial charge in [-0.05, 0) is 37.3 Å². The molecule has 0 bridgehead atoms. The second-order valence-corrected chi connectivity index (χ2v) is 8.05. The molecular formula is C20H15N3O3S2. The van der Waals surface area contributed by atoms with Crippen LogP contribution in [0.3, 0.4) is 0 Å². The maximum Gasteiger partial charge on any atom is 0.286 e. The van der Waals surface area contributed by atoms with Crippen LogP contribution in [0.1, 0.15) is 21.5 Å². The van der Waals surface area contributed by atoms with Crippen molar-refractivity contribution in [3.63, 3.8) is 0 Å². The minimum Gasteiger partial charge on any atom is -0.311 e. The molecule has 1 N–H and O–H groups in total. The van der Waals surface area contributed by atoms with Gasteiger partial charge in [-0.25, -0.2) is 0 Å². The van der Waals surface area contributed by atoms with Crippen LogP contribution in [0.25, 0.3) is 5.57 Å². The zero-order valence-electron chi connectivity index (χ0n) is 15.1. The Morgan fingerprint density at radius 3 is 2.43 bits per heavy atom. The minimum atomic E-state index is -0.510. The summed E-state index contributed by atoms with van der Waals surface area (Å²) in [7, 11) is 1.66. The molecule has 2 aliphatic heterocycles. The van der Waals surface area contributed by atoms with Crippen LogP contribution in [-0.2, 0) is 9.59 Å². The molecule has 2 aliphatic rings. The van der Waals surface area contributed by atoms with Gasteiger partial charge in [0, 0.05) is 18.2 Å². The topological polar surface area (TPSA) is 69.7 Å². The molecule has 1 fully saturated rings. The largest absolute Gasteiger partial charge is 0.311 e. The number of benzene rings is 2. The fraction of sp³-hybridized carbons (Fsp3) is 0.100. The molecule has 0 saturated carbocycles. The minimum absolute atomic E-state index is 0.174. The fourth-order valence-electron chi connectivity index (χ4n) is 3.08. The molecule has 140 valence electrons. The Bertz CT molecular complexity index is 1080. The van der Waals surface area contributed by atoms with E-state index in [-0.39, 0.29) is 15.1 Å². The van der Waals surface area contributed by atoms with Crippen LogP contribution in [0.4, 0.5) is 5.69 Å². The first-order valence-corrected chi connectivity index (χ1v) is 9.66. The normalized spacial score (nSPS) is 18.7. The van der Waals surface area contributed by atoms with Gasteiger partial charge in [-0.3, -0.25) is 19.8 Å². The van der Waals surface area contributed by atoms with E-state index < -0.39 is 11.8 Å². The molecule has 28 heavy (non-hydrogen) atoms. The van der Waals surface area contributed by atoms with E-state index in [1.165, 1.54) is 4.90 Å². The predicted octanol–water partition coefficient (Wildman–Crippen LogP) is 2.89. The van der Waals surface area contributed by atoms with E-state index in [4.69, 9.17) is 12.2 Å². The Morgan fingerprint density at radius 2 is 1.71 bits per heavy atom. The van der Waals surface area contributed by atoms with E-state index in [1.807, 2.05) is 37.3 Å². The molecule has 3 amide bonds. The number of nitrogens with zero attached hydrogens (tertiary/aromatic N) is 2. The highest BCUT2D eigenvalue weighted by Crippen LogP contribution is 2.43. The Kier molecular flexibility index (Phi) is 4.52. The van der Waals surface area contributed by atoms with E-state index in [0.29, 0.717) is 16.7 Å². The first-order chi connectivity index (χ1) is 13.4. The van der Waals surface area contributed by atoms with Crippen LogP contribution in [0.5, 0.6) is 0 Å². The maximum absolute atomic E-state index is 13.0. The van der Waals surface area contributed by atoms with Gasteiger partial charge in [0.25, 0.3) is 17.7 Å². The first-order valence-electron chi connectivity index (χ1n) is 8.44. The van der Waals surface area contributed by atoms with Gasteiger partial charge < -0.3 is 4.90 Å². The first kappa shape index (κ1) is 18.4. The molecule has 0 aromatic heterocycles. The van der Waals surface area contributed by atoms with Crippen molar-refractivity contribution in [1.82, 2.24) is 10.4 Å². The van der Waals surface area contributed by atoms with Crippen LogP contribution in [0.15, 0.2) is 53.4 Å². The van der Waals surface area contributed by atoms with Crippen LogP contribution < -0.4 is 10.3 Å². The molecule has 4 rings (SSSR count). The van der Waals surface area contributed by atoms with Crippen molar-refractivity contribution in [3.8, 4) is 0 Å². The highest BCUT2D eigenvalue weighted by molar-refractivity contribution is 8.26. The molecular weight excluding hydrogens is 394 g/mol. The summed E-state index contributed by atoms with van der Waals surface area (Å²) >= 11 is 6.29. The summed E-state index contributed by atoms with van der Waals surface area (Å²) in [4.78, 5) is 39.9. The predicted molar refractivity (Wildman–Crippen MR) is 112 cm³/mol. The molecule has 0 unspecified atom stereocenters. The molecule has 0 aliphatic carbocycles. The van der Waals surface area contributed by atoms with Crippen LogP contribution in [-0.4, -0.2) is 34.1 Å². The number of carbonyl (C=O) groups excluding carboxylic acids is 3. The average Bonchev–Trinajstić information content (AvgIpc) is 3.10. The highest BCUT2D eigenvalue weighted by atomic mass is 32.2. The number of carbonyl (C=O) groups is 3. The highest BCUT2D eigenvalue weighted by Gasteiger charge is 2.41. The number of hydrazine groups is 1. The third-order valence-electron chi connectivity index (χ3n) is 4.58. The standard InChI is InChI=1S/C20H15N3O3S2/c1-11-7-9-12(10-8-11)17(24)21-23-19(26)16(28-20(23)27)15-13-5-3-4-6-14(13)22(2)18(15)25/h3-10H,1-2H3,(H,21,24). The summed E-state index contributed by atoms with van der Waals surface area (Å²) in [6.07, 6.45) is 0. The number of thioether (sulfide) groups is 1. The van der Waals surface area contributed by atoms with Crippen molar-refractivity contribution < 1.29 is 14.4 Å². The van der Waals surface area contributed by atoms with Gasteiger partial charge in [-0.15, -0.1) is 0 Å². The third-order valence-corrected chi connectivity index (χ3v) is 5.95. The summed E-state index contributed by atoms with van der Waals surface area (Å²) in [5.74, 6) is -1.23. The maximum atomic E-state index is 13.0. The van der Waals surface area contributed by atoms with Crippen LogP contribution >= 0.6 is 24.0 Å². The number of nitrogens with one attached hydrogen (secondary N) is 1. The van der Waals surface area contributed by atoms with Crippen molar-refractivity contribution in [2.24, 2.45) is 0 Å².